The Morgan fingerprint density at radius 2 is 2.12 bits per heavy atom. The van der Waals surface area contributed by atoms with Crippen LogP contribution in [-0.2, 0) is 13.5 Å². The first-order valence-corrected chi connectivity index (χ1v) is 5.75. The lowest BCUT2D eigenvalue weighted by atomic mass is 10.0. The first-order valence-electron chi connectivity index (χ1n) is 5.37. The van der Waals surface area contributed by atoms with Gasteiger partial charge in [0.15, 0.2) is 0 Å². The Morgan fingerprint density at radius 3 is 2.65 bits per heavy atom. The van der Waals surface area contributed by atoms with E-state index in [4.69, 9.17) is 17.4 Å². The van der Waals surface area contributed by atoms with Crippen molar-refractivity contribution in [2.45, 2.75) is 12.5 Å². The van der Waals surface area contributed by atoms with E-state index < -0.39 is 0 Å². The predicted molar refractivity (Wildman–Crippen MR) is 68.4 cm³/mol. The van der Waals surface area contributed by atoms with Gasteiger partial charge in [0.25, 0.3) is 0 Å². The standard InChI is InChI=1S/C12H15ClN4/c1-17-7-12(15-8-17)11(16-14)6-9-2-4-10(13)5-3-9/h2-5,7-8,11,16H,6,14H2,1H3. The number of nitrogens with two attached hydrogens (primary N) is 1. The molecule has 17 heavy (non-hydrogen) atoms. The van der Waals surface area contributed by atoms with Gasteiger partial charge in [0, 0.05) is 18.3 Å². The third kappa shape index (κ3) is 3.06. The van der Waals surface area contributed by atoms with Crippen molar-refractivity contribution in [2.75, 3.05) is 0 Å². The molecule has 1 atom stereocenters. The summed E-state index contributed by atoms with van der Waals surface area (Å²) in [6, 6.07) is 7.76. The van der Waals surface area contributed by atoms with E-state index in [-0.39, 0.29) is 6.04 Å². The van der Waals surface area contributed by atoms with E-state index in [2.05, 4.69) is 10.4 Å². The maximum absolute atomic E-state index is 5.85. The van der Waals surface area contributed by atoms with Crippen LogP contribution in [0.5, 0.6) is 0 Å². The number of halogens is 1. The summed E-state index contributed by atoms with van der Waals surface area (Å²) in [5.74, 6) is 5.57. The van der Waals surface area contributed by atoms with Gasteiger partial charge in [-0.3, -0.25) is 11.3 Å². The Morgan fingerprint density at radius 1 is 1.41 bits per heavy atom. The highest BCUT2D eigenvalue weighted by Crippen LogP contribution is 2.17. The van der Waals surface area contributed by atoms with Gasteiger partial charge in [-0.1, -0.05) is 23.7 Å². The summed E-state index contributed by atoms with van der Waals surface area (Å²) in [6.07, 6.45) is 4.51. The number of nitrogens with one attached hydrogen (secondary N) is 1. The molecule has 0 amide bonds. The minimum absolute atomic E-state index is 0.0115. The van der Waals surface area contributed by atoms with Crippen molar-refractivity contribution >= 4 is 11.6 Å². The third-order valence-corrected chi connectivity index (χ3v) is 2.89. The fourth-order valence-electron chi connectivity index (χ4n) is 1.72. The van der Waals surface area contributed by atoms with Crippen LogP contribution in [0.25, 0.3) is 0 Å². The van der Waals surface area contributed by atoms with E-state index in [0.717, 1.165) is 17.1 Å². The van der Waals surface area contributed by atoms with Gasteiger partial charge in [-0.15, -0.1) is 0 Å². The van der Waals surface area contributed by atoms with Crippen molar-refractivity contribution in [3.05, 3.63) is 53.1 Å². The summed E-state index contributed by atoms with van der Waals surface area (Å²) in [7, 11) is 1.94. The van der Waals surface area contributed by atoms with Crippen LogP contribution in [0, 0.1) is 0 Å². The molecule has 1 heterocycles. The van der Waals surface area contributed by atoms with Gasteiger partial charge in [-0.2, -0.15) is 0 Å². The summed E-state index contributed by atoms with van der Waals surface area (Å²) in [5, 5.41) is 0.740. The molecule has 0 bridgehead atoms. The van der Waals surface area contributed by atoms with Crippen molar-refractivity contribution < 1.29 is 0 Å². The predicted octanol–water partition coefficient (Wildman–Crippen LogP) is 1.82. The van der Waals surface area contributed by atoms with Gasteiger partial charge < -0.3 is 4.57 Å². The second-order valence-corrected chi connectivity index (χ2v) is 4.45. The molecular weight excluding hydrogens is 236 g/mol. The monoisotopic (exact) mass is 250 g/mol. The lowest BCUT2D eigenvalue weighted by Gasteiger charge is -2.13. The van der Waals surface area contributed by atoms with Gasteiger partial charge in [0.1, 0.15) is 0 Å². The van der Waals surface area contributed by atoms with Gasteiger partial charge in [-0.25, -0.2) is 4.98 Å². The Labute approximate surface area is 105 Å². The van der Waals surface area contributed by atoms with E-state index in [1.807, 2.05) is 42.1 Å². The number of hydrazine groups is 1. The van der Waals surface area contributed by atoms with Crippen LogP contribution >= 0.6 is 11.6 Å². The van der Waals surface area contributed by atoms with Crippen molar-refractivity contribution in [2.24, 2.45) is 12.9 Å². The summed E-state index contributed by atoms with van der Waals surface area (Å²) in [6.45, 7) is 0. The molecule has 4 nitrogen and oxygen atoms in total. The van der Waals surface area contributed by atoms with E-state index in [1.54, 1.807) is 6.33 Å². The maximum atomic E-state index is 5.85. The Hall–Kier alpha value is -1.36. The fraction of sp³-hybridized carbons (Fsp3) is 0.250. The summed E-state index contributed by atoms with van der Waals surface area (Å²) < 4.78 is 1.90. The van der Waals surface area contributed by atoms with Crippen LogP contribution in [0.1, 0.15) is 17.3 Å². The zero-order chi connectivity index (χ0) is 12.3. The summed E-state index contributed by atoms with van der Waals surface area (Å²) >= 11 is 5.85. The third-order valence-electron chi connectivity index (χ3n) is 2.64. The molecule has 2 aromatic rings. The van der Waals surface area contributed by atoms with Gasteiger partial charge >= 0.3 is 0 Å². The molecule has 0 aliphatic rings. The Bertz CT molecular complexity index is 478. The number of aryl methyl sites for hydroxylation is 1. The van der Waals surface area contributed by atoms with Gasteiger partial charge in [-0.05, 0) is 24.1 Å². The highest BCUT2D eigenvalue weighted by atomic mass is 35.5. The quantitative estimate of drug-likeness (QED) is 0.643. The van der Waals surface area contributed by atoms with Crippen LogP contribution in [0.3, 0.4) is 0 Å². The van der Waals surface area contributed by atoms with Crippen LogP contribution in [0.15, 0.2) is 36.8 Å². The molecule has 3 N–H and O–H groups in total. The van der Waals surface area contributed by atoms with E-state index in [1.165, 1.54) is 5.56 Å². The lowest BCUT2D eigenvalue weighted by molar-refractivity contribution is 0.540. The first kappa shape index (κ1) is 12.1. The number of benzene rings is 1. The number of aromatic nitrogens is 2. The molecule has 2 rings (SSSR count). The molecule has 90 valence electrons. The van der Waals surface area contributed by atoms with Crippen LogP contribution in [-0.4, -0.2) is 9.55 Å². The fourth-order valence-corrected chi connectivity index (χ4v) is 1.84. The SMILES string of the molecule is Cn1cnc(C(Cc2ccc(Cl)cc2)NN)c1. The number of nitrogens with zero attached hydrogens (tertiary/aromatic N) is 2. The minimum atomic E-state index is 0.0115. The minimum Gasteiger partial charge on any atom is -0.340 e. The molecule has 0 aliphatic carbocycles. The molecule has 0 radical (unpaired) electrons. The molecule has 0 saturated carbocycles. The second-order valence-electron chi connectivity index (χ2n) is 4.01. The van der Waals surface area contributed by atoms with Crippen molar-refractivity contribution in [3.63, 3.8) is 0 Å². The largest absolute Gasteiger partial charge is 0.340 e. The number of imidazole rings is 1. The van der Waals surface area contributed by atoms with Crippen molar-refractivity contribution in [1.82, 2.24) is 15.0 Å². The van der Waals surface area contributed by atoms with Gasteiger partial charge in [0.05, 0.1) is 18.1 Å². The summed E-state index contributed by atoms with van der Waals surface area (Å²) in [4.78, 5) is 4.30. The topological polar surface area (TPSA) is 55.9 Å². The van der Waals surface area contributed by atoms with Crippen LogP contribution in [0.4, 0.5) is 0 Å². The zero-order valence-electron chi connectivity index (χ0n) is 9.60. The number of rotatable bonds is 4. The lowest BCUT2D eigenvalue weighted by Crippen LogP contribution is -2.29. The van der Waals surface area contributed by atoms with E-state index >= 15 is 0 Å². The maximum Gasteiger partial charge on any atom is 0.0947 e. The molecule has 5 heteroatoms. The molecule has 0 aliphatic heterocycles. The van der Waals surface area contributed by atoms with E-state index in [9.17, 15) is 0 Å². The highest BCUT2D eigenvalue weighted by Gasteiger charge is 2.12. The van der Waals surface area contributed by atoms with Crippen LogP contribution in [0.2, 0.25) is 5.02 Å². The molecule has 0 spiro atoms. The Balaban J connectivity index is 2.12. The molecule has 1 aromatic heterocycles. The average molecular weight is 251 g/mol. The van der Waals surface area contributed by atoms with Crippen molar-refractivity contribution in [1.29, 1.82) is 0 Å². The normalized spacial score (nSPS) is 12.6. The molecule has 0 saturated heterocycles. The van der Waals surface area contributed by atoms with Crippen LogP contribution < -0.4 is 11.3 Å². The second kappa shape index (κ2) is 5.31. The zero-order valence-corrected chi connectivity index (χ0v) is 10.4. The average Bonchev–Trinajstić information content (AvgIpc) is 2.75. The highest BCUT2D eigenvalue weighted by molar-refractivity contribution is 6.30. The molecule has 1 aromatic carbocycles. The number of hydrogen-bond acceptors (Lipinski definition) is 3. The number of hydrogen-bond donors (Lipinski definition) is 2. The van der Waals surface area contributed by atoms with Gasteiger partial charge in [0.2, 0.25) is 0 Å². The Kier molecular flexibility index (Phi) is 3.78. The summed E-state index contributed by atoms with van der Waals surface area (Å²) in [5.41, 5.74) is 4.89. The van der Waals surface area contributed by atoms with E-state index in [0.29, 0.717) is 0 Å². The van der Waals surface area contributed by atoms with Crippen molar-refractivity contribution in [3.8, 4) is 0 Å². The molecule has 0 fully saturated rings. The first-order chi connectivity index (χ1) is 8.19. The molecule has 1 unspecified atom stereocenters. The molecular formula is C12H15ClN4. The smallest absolute Gasteiger partial charge is 0.0947 e.